The highest BCUT2D eigenvalue weighted by atomic mass is 14.9. The summed E-state index contributed by atoms with van der Waals surface area (Å²) in [7, 11) is 2.05. The van der Waals surface area contributed by atoms with Crippen LogP contribution in [0.25, 0.3) is 0 Å². The Morgan fingerprint density at radius 1 is 1.00 bits per heavy atom. The van der Waals surface area contributed by atoms with Gasteiger partial charge < -0.3 is 5.32 Å². The van der Waals surface area contributed by atoms with E-state index in [1.54, 1.807) is 0 Å². The van der Waals surface area contributed by atoms with Gasteiger partial charge in [-0.25, -0.2) is 0 Å². The van der Waals surface area contributed by atoms with Crippen LogP contribution in [-0.2, 0) is 0 Å². The molecule has 1 heteroatoms. The van der Waals surface area contributed by atoms with Crippen molar-refractivity contribution < 1.29 is 0 Å². The monoisotopic (exact) mass is 129 g/mol. The van der Waals surface area contributed by atoms with Gasteiger partial charge >= 0.3 is 0 Å². The lowest BCUT2D eigenvalue weighted by molar-refractivity contribution is 0.313. The topological polar surface area (TPSA) is 12.0 Å². The molecule has 0 aromatic carbocycles. The van der Waals surface area contributed by atoms with Gasteiger partial charge in [-0.1, -0.05) is 20.8 Å². The highest BCUT2D eigenvalue weighted by Crippen LogP contribution is 2.17. The van der Waals surface area contributed by atoms with Gasteiger partial charge in [0.15, 0.2) is 0 Å². The van der Waals surface area contributed by atoms with E-state index in [9.17, 15) is 0 Å². The molecule has 56 valence electrons. The molecule has 0 aromatic rings. The van der Waals surface area contributed by atoms with E-state index in [1.165, 1.54) is 19.3 Å². The molecule has 0 heterocycles. The van der Waals surface area contributed by atoms with Gasteiger partial charge in [0.1, 0.15) is 0 Å². The zero-order valence-corrected chi connectivity index (χ0v) is 7.12. The normalized spacial score (nSPS) is 12.0. The molecule has 0 aromatic heterocycles. The van der Waals surface area contributed by atoms with Crippen LogP contribution in [0.5, 0.6) is 0 Å². The predicted molar refractivity (Wildman–Crippen MR) is 42.7 cm³/mol. The van der Waals surface area contributed by atoms with Gasteiger partial charge in [0, 0.05) is 5.54 Å². The van der Waals surface area contributed by atoms with Gasteiger partial charge in [0.2, 0.25) is 0 Å². The van der Waals surface area contributed by atoms with Crippen LogP contribution in [-0.4, -0.2) is 12.6 Å². The average molecular weight is 129 g/mol. The summed E-state index contributed by atoms with van der Waals surface area (Å²) in [5.74, 6) is 0. The van der Waals surface area contributed by atoms with Crippen LogP contribution in [0.3, 0.4) is 0 Å². The maximum atomic E-state index is 3.36. The van der Waals surface area contributed by atoms with Gasteiger partial charge in [-0.05, 0) is 26.3 Å². The second-order valence-corrected chi connectivity index (χ2v) is 2.59. The van der Waals surface area contributed by atoms with E-state index >= 15 is 0 Å². The fraction of sp³-hybridized carbons (Fsp3) is 1.00. The van der Waals surface area contributed by atoms with Gasteiger partial charge in [-0.15, -0.1) is 0 Å². The first-order valence-electron chi connectivity index (χ1n) is 3.93. The molecule has 0 unspecified atom stereocenters. The van der Waals surface area contributed by atoms with E-state index in [-0.39, 0.29) is 0 Å². The van der Waals surface area contributed by atoms with Crippen molar-refractivity contribution in [2.75, 3.05) is 7.05 Å². The van der Waals surface area contributed by atoms with E-state index in [1.807, 2.05) is 0 Å². The van der Waals surface area contributed by atoms with E-state index in [0.717, 1.165) is 0 Å². The zero-order valence-electron chi connectivity index (χ0n) is 7.12. The summed E-state index contributed by atoms with van der Waals surface area (Å²) in [4.78, 5) is 0. The Balaban J connectivity index is 3.82. The molecule has 0 saturated carbocycles. The summed E-state index contributed by atoms with van der Waals surface area (Å²) in [6.45, 7) is 6.72. The molecule has 1 nitrogen and oxygen atoms in total. The quantitative estimate of drug-likeness (QED) is 0.613. The Hall–Kier alpha value is -0.0400. The summed E-state index contributed by atoms with van der Waals surface area (Å²) in [6.07, 6.45) is 3.70. The second-order valence-electron chi connectivity index (χ2n) is 2.59. The van der Waals surface area contributed by atoms with Crippen molar-refractivity contribution in [1.82, 2.24) is 5.32 Å². The van der Waals surface area contributed by atoms with Crippen molar-refractivity contribution in [3.05, 3.63) is 0 Å². The smallest absolute Gasteiger partial charge is 0.0170 e. The third kappa shape index (κ3) is 1.98. The van der Waals surface area contributed by atoms with Crippen LogP contribution in [0, 0.1) is 0 Å². The molecular weight excluding hydrogens is 110 g/mol. The fourth-order valence-electron chi connectivity index (χ4n) is 1.28. The Labute approximate surface area is 58.8 Å². The molecule has 1 N–H and O–H groups in total. The van der Waals surface area contributed by atoms with E-state index in [2.05, 4.69) is 33.1 Å². The second kappa shape index (κ2) is 3.89. The first-order chi connectivity index (χ1) is 4.24. The minimum Gasteiger partial charge on any atom is -0.314 e. The summed E-state index contributed by atoms with van der Waals surface area (Å²) in [5, 5.41) is 3.36. The molecule has 0 spiro atoms. The van der Waals surface area contributed by atoms with E-state index < -0.39 is 0 Å². The highest BCUT2D eigenvalue weighted by molar-refractivity contribution is 4.81. The third-order valence-corrected chi connectivity index (χ3v) is 2.56. The molecule has 9 heavy (non-hydrogen) atoms. The lowest BCUT2D eigenvalue weighted by Gasteiger charge is -2.29. The molecule has 0 aliphatic carbocycles. The average Bonchev–Trinajstić information content (AvgIpc) is 1.95. The number of rotatable bonds is 4. The van der Waals surface area contributed by atoms with Gasteiger partial charge in [0.25, 0.3) is 0 Å². The Kier molecular flexibility index (Phi) is 3.87. The fourth-order valence-corrected chi connectivity index (χ4v) is 1.28. The molecule has 0 rings (SSSR count). The van der Waals surface area contributed by atoms with Crippen molar-refractivity contribution in [3.8, 4) is 0 Å². The Morgan fingerprint density at radius 3 is 1.33 bits per heavy atom. The lowest BCUT2D eigenvalue weighted by atomic mass is 9.90. The Morgan fingerprint density at radius 2 is 1.33 bits per heavy atom. The highest BCUT2D eigenvalue weighted by Gasteiger charge is 2.19. The van der Waals surface area contributed by atoms with Crippen molar-refractivity contribution >= 4 is 0 Å². The molecule has 0 amide bonds. The summed E-state index contributed by atoms with van der Waals surface area (Å²) < 4.78 is 0. The first kappa shape index (κ1) is 8.96. The molecule has 0 saturated heterocycles. The molecular formula is C8H19N. The van der Waals surface area contributed by atoms with Gasteiger partial charge in [-0.2, -0.15) is 0 Å². The summed E-state index contributed by atoms with van der Waals surface area (Å²) in [5.41, 5.74) is 0.417. The first-order valence-corrected chi connectivity index (χ1v) is 3.93. The van der Waals surface area contributed by atoms with E-state index in [4.69, 9.17) is 0 Å². The summed E-state index contributed by atoms with van der Waals surface area (Å²) in [6, 6.07) is 0. The number of nitrogens with one attached hydrogen (secondary N) is 1. The summed E-state index contributed by atoms with van der Waals surface area (Å²) >= 11 is 0. The number of hydrogen-bond acceptors (Lipinski definition) is 1. The minimum absolute atomic E-state index is 0.417. The molecule has 0 fully saturated rings. The van der Waals surface area contributed by atoms with E-state index in [0.29, 0.717) is 5.54 Å². The molecule has 0 atom stereocenters. The van der Waals surface area contributed by atoms with Crippen LogP contribution < -0.4 is 5.32 Å². The predicted octanol–water partition coefficient (Wildman–Crippen LogP) is 2.17. The standard InChI is InChI=1S/C8H19N/c1-5-8(6-2,7-3)9-4/h9H,5-7H2,1-4H3. The minimum atomic E-state index is 0.417. The van der Waals surface area contributed by atoms with Crippen LogP contribution in [0.1, 0.15) is 40.0 Å². The van der Waals surface area contributed by atoms with Gasteiger partial charge in [0.05, 0.1) is 0 Å². The molecule has 0 aliphatic heterocycles. The maximum absolute atomic E-state index is 3.36. The van der Waals surface area contributed by atoms with Crippen LogP contribution in [0.2, 0.25) is 0 Å². The van der Waals surface area contributed by atoms with Gasteiger partial charge in [-0.3, -0.25) is 0 Å². The third-order valence-electron chi connectivity index (χ3n) is 2.56. The van der Waals surface area contributed by atoms with Crippen molar-refractivity contribution in [2.45, 2.75) is 45.6 Å². The van der Waals surface area contributed by atoms with Crippen LogP contribution >= 0.6 is 0 Å². The van der Waals surface area contributed by atoms with Crippen LogP contribution in [0.15, 0.2) is 0 Å². The van der Waals surface area contributed by atoms with Crippen LogP contribution in [0.4, 0.5) is 0 Å². The largest absolute Gasteiger partial charge is 0.314 e. The maximum Gasteiger partial charge on any atom is 0.0170 e. The van der Waals surface area contributed by atoms with Crippen molar-refractivity contribution in [2.24, 2.45) is 0 Å². The van der Waals surface area contributed by atoms with Crippen molar-refractivity contribution in [1.29, 1.82) is 0 Å². The lowest BCUT2D eigenvalue weighted by Crippen LogP contribution is -2.40. The SMILES string of the molecule is CCC(CC)(CC)NC. The van der Waals surface area contributed by atoms with Crippen molar-refractivity contribution in [3.63, 3.8) is 0 Å². The Bertz CT molecular complexity index is 47.5. The molecule has 0 radical (unpaired) electrons. The molecule has 0 aliphatic rings. The number of hydrogen-bond donors (Lipinski definition) is 1. The zero-order chi connectivity index (χ0) is 7.33. The molecule has 0 bridgehead atoms.